The largest absolute Gasteiger partial charge is 0.497 e. The third-order valence-corrected chi connectivity index (χ3v) is 9.73. The third-order valence-electron chi connectivity index (χ3n) is 5.60. The van der Waals surface area contributed by atoms with Crippen LogP contribution in [0.25, 0.3) is 0 Å². The molecule has 162 valence electrons. The van der Waals surface area contributed by atoms with Gasteiger partial charge in [0.05, 0.1) is 41.3 Å². The van der Waals surface area contributed by atoms with Gasteiger partial charge in [-0.1, -0.05) is 0 Å². The highest BCUT2D eigenvalue weighted by Gasteiger charge is 2.49. The van der Waals surface area contributed by atoms with Gasteiger partial charge in [0.25, 0.3) is 0 Å². The summed E-state index contributed by atoms with van der Waals surface area (Å²) in [4.78, 5) is 14.1. The number of esters is 1. The molecule has 10 heteroatoms. The van der Waals surface area contributed by atoms with E-state index < -0.39 is 36.7 Å². The zero-order valence-electron chi connectivity index (χ0n) is 16.6. The van der Waals surface area contributed by atoms with Gasteiger partial charge >= 0.3 is 5.97 Å². The number of hydrogen-bond donors (Lipinski definition) is 0. The van der Waals surface area contributed by atoms with E-state index in [2.05, 4.69) is 0 Å². The van der Waals surface area contributed by atoms with E-state index >= 15 is 0 Å². The molecule has 0 spiro atoms. The van der Waals surface area contributed by atoms with E-state index in [0.717, 1.165) is 0 Å². The average Bonchev–Trinajstić information content (AvgIpc) is 3.05. The molecule has 1 unspecified atom stereocenters. The highest BCUT2D eigenvalue weighted by atomic mass is 32.2. The zero-order chi connectivity index (χ0) is 21.2. The van der Waals surface area contributed by atoms with Crippen LogP contribution in [0.1, 0.15) is 19.8 Å². The number of carbonyl (C=O) groups excluding carboxylic acids is 1. The van der Waals surface area contributed by atoms with E-state index in [1.54, 1.807) is 19.1 Å². The molecular formula is C19H27NO7S2. The van der Waals surface area contributed by atoms with Gasteiger partial charge in [0.2, 0.25) is 0 Å². The van der Waals surface area contributed by atoms with Gasteiger partial charge in [0.1, 0.15) is 5.75 Å². The Bertz CT molecular complexity index is 941. The van der Waals surface area contributed by atoms with Gasteiger partial charge in [-0.3, -0.25) is 9.69 Å². The fourth-order valence-electron chi connectivity index (χ4n) is 4.13. The van der Waals surface area contributed by atoms with E-state index in [1.807, 2.05) is 4.90 Å². The predicted octanol–water partition coefficient (Wildman–Crippen LogP) is 0.910. The summed E-state index contributed by atoms with van der Waals surface area (Å²) in [5, 5.41) is -1.07. The lowest BCUT2D eigenvalue weighted by Gasteiger charge is -2.37. The van der Waals surface area contributed by atoms with Crippen molar-refractivity contribution in [3.8, 4) is 5.75 Å². The lowest BCUT2D eigenvalue weighted by atomic mass is 9.96. The summed E-state index contributed by atoms with van der Waals surface area (Å²) in [5.74, 6) is -0.785. The smallest absolute Gasteiger partial charge is 0.310 e. The topological polar surface area (TPSA) is 107 Å². The molecule has 0 saturated carbocycles. The molecule has 8 nitrogen and oxygen atoms in total. The number of benzene rings is 1. The first-order valence-electron chi connectivity index (χ1n) is 9.67. The van der Waals surface area contributed by atoms with E-state index in [0.29, 0.717) is 31.7 Å². The zero-order valence-corrected chi connectivity index (χ0v) is 18.2. The van der Waals surface area contributed by atoms with Crippen molar-refractivity contribution < 1.29 is 31.1 Å². The second-order valence-corrected chi connectivity index (χ2v) is 11.8. The van der Waals surface area contributed by atoms with Gasteiger partial charge in [-0.2, -0.15) is 0 Å². The Morgan fingerprint density at radius 3 is 2.52 bits per heavy atom. The molecule has 29 heavy (non-hydrogen) atoms. The van der Waals surface area contributed by atoms with Crippen molar-refractivity contribution in [3.63, 3.8) is 0 Å². The molecule has 2 aliphatic heterocycles. The molecule has 3 rings (SSSR count). The molecule has 2 saturated heterocycles. The number of nitrogens with zero attached hydrogens (tertiary/aromatic N) is 1. The minimum Gasteiger partial charge on any atom is -0.497 e. The van der Waals surface area contributed by atoms with E-state index in [9.17, 15) is 21.6 Å². The van der Waals surface area contributed by atoms with Gasteiger partial charge in [-0.05, 0) is 50.6 Å². The second-order valence-electron chi connectivity index (χ2n) is 7.49. The molecule has 2 heterocycles. The van der Waals surface area contributed by atoms with Crippen LogP contribution in [0, 0.1) is 5.92 Å². The van der Waals surface area contributed by atoms with Gasteiger partial charge in [-0.25, -0.2) is 16.8 Å². The number of rotatable bonds is 6. The van der Waals surface area contributed by atoms with Crippen molar-refractivity contribution in [1.29, 1.82) is 0 Å². The fraction of sp³-hybridized carbons (Fsp3) is 0.632. The maximum Gasteiger partial charge on any atom is 0.310 e. The van der Waals surface area contributed by atoms with Crippen molar-refractivity contribution >= 4 is 25.6 Å². The van der Waals surface area contributed by atoms with Crippen LogP contribution in [0.2, 0.25) is 0 Å². The summed E-state index contributed by atoms with van der Waals surface area (Å²) in [6, 6.07) is 5.29. The van der Waals surface area contributed by atoms with Gasteiger partial charge in [-0.15, -0.1) is 0 Å². The molecule has 3 atom stereocenters. The van der Waals surface area contributed by atoms with Crippen molar-refractivity contribution in [2.45, 2.75) is 36.0 Å². The number of piperidine rings is 1. The van der Waals surface area contributed by atoms with E-state index in [1.165, 1.54) is 19.2 Å². The van der Waals surface area contributed by atoms with Gasteiger partial charge in [0.15, 0.2) is 19.7 Å². The Kier molecular flexibility index (Phi) is 6.54. The van der Waals surface area contributed by atoms with Crippen molar-refractivity contribution in [2.24, 2.45) is 5.92 Å². The maximum absolute atomic E-state index is 13.3. The van der Waals surface area contributed by atoms with E-state index in [-0.39, 0.29) is 29.1 Å². The predicted molar refractivity (Wildman–Crippen MR) is 107 cm³/mol. The summed E-state index contributed by atoms with van der Waals surface area (Å²) in [6.07, 6.45) is 1.35. The molecule has 0 amide bonds. The SMILES string of the molecule is CCOC(=O)C1CCCN([C@H]2CS(=O)(=O)C[C@@H]2S(=O)(=O)c2ccc(OC)cc2)C1. The first-order valence-corrected chi connectivity index (χ1v) is 13.0. The van der Waals surface area contributed by atoms with Crippen LogP contribution in [0.5, 0.6) is 5.75 Å². The van der Waals surface area contributed by atoms with E-state index in [4.69, 9.17) is 9.47 Å². The molecule has 2 aliphatic rings. The minimum atomic E-state index is -3.87. The molecule has 0 N–H and O–H groups in total. The monoisotopic (exact) mass is 445 g/mol. The van der Waals surface area contributed by atoms with Crippen LogP contribution in [0.15, 0.2) is 29.2 Å². The third kappa shape index (κ3) is 4.75. The molecule has 0 aliphatic carbocycles. The number of likely N-dealkylation sites (tertiary alicyclic amines) is 1. The normalized spacial score (nSPS) is 27.4. The number of carbonyl (C=O) groups is 1. The van der Waals surface area contributed by atoms with Gasteiger partial charge < -0.3 is 9.47 Å². The first-order chi connectivity index (χ1) is 13.7. The van der Waals surface area contributed by atoms with Crippen LogP contribution >= 0.6 is 0 Å². The quantitative estimate of drug-likeness (QED) is 0.595. The molecule has 0 aromatic heterocycles. The highest BCUT2D eigenvalue weighted by Crippen LogP contribution is 2.32. The van der Waals surface area contributed by atoms with Gasteiger partial charge in [0, 0.05) is 12.6 Å². The number of methoxy groups -OCH3 is 1. The Morgan fingerprint density at radius 1 is 1.21 bits per heavy atom. The van der Waals surface area contributed by atoms with Crippen LogP contribution in [0.4, 0.5) is 0 Å². The van der Waals surface area contributed by atoms with Crippen molar-refractivity contribution in [1.82, 2.24) is 4.90 Å². The molecule has 2 fully saturated rings. The van der Waals surface area contributed by atoms with Crippen LogP contribution in [0.3, 0.4) is 0 Å². The number of ether oxygens (including phenoxy) is 2. The summed E-state index contributed by atoms with van der Waals surface area (Å²) < 4.78 is 61.5. The molecule has 1 aromatic rings. The van der Waals surface area contributed by atoms with Crippen LogP contribution in [-0.4, -0.2) is 77.3 Å². The molecule has 0 bridgehead atoms. The summed E-state index contributed by atoms with van der Waals surface area (Å²) in [6.45, 7) is 2.89. The highest BCUT2D eigenvalue weighted by molar-refractivity contribution is 7.96. The minimum absolute atomic E-state index is 0.0735. The summed E-state index contributed by atoms with van der Waals surface area (Å²) >= 11 is 0. The Labute approximate surface area is 172 Å². The number of sulfone groups is 2. The van der Waals surface area contributed by atoms with Crippen LogP contribution < -0.4 is 4.74 Å². The molecule has 0 radical (unpaired) electrons. The molecule has 1 aromatic carbocycles. The first kappa shape index (κ1) is 22.0. The Morgan fingerprint density at radius 2 is 1.90 bits per heavy atom. The standard InChI is InChI=1S/C19H27NO7S2/c1-3-27-19(21)14-5-4-10-20(11-14)17-12-28(22,23)13-18(17)29(24,25)16-8-6-15(26-2)7-9-16/h6-9,14,17-18H,3-5,10-13H2,1-2H3/t14?,17-,18-/m0/s1. The van der Waals surface area contributed by atoms with Crippen molar-refractivity contribution in [2.75, 3.05) is 38.3 Å². The lowest BCUT2D eigenvalue weighted by Crippen LogP contribution is -2.51. The fourth-order valence-corrected chi connectivity index (χ4v) is 8.96. The average molecular weight is 446 g/mol. The molecular weight excluding hydrogens is 418 g/mol. The summed E-state index contributed by atoms with van der Waals surface area (Å²) in [7, 11) is -5.90. The Balaban J connectivity index is 1.87. The Hall–Kier alpha value is -1.65. The van der Waals surface area contributed by atoms with Crippen LogP contribution in [-0.2, 0) is 29.2 Å². The number of hydrogen-bond acceptors (Lipinski definition) is 8. The summed E-state index contributed by atoms with van der Waals surface area (Å²) in [5.41, 5.74) is 0. The second kappa shape index (κ2) is 8.61. The van der Waals surface area contributed by atoms with Crippen molar-refractivity contribution in [3.05, 3.63) is 24.3 Å². The maximum atomic E-state index is 13.3. The lowest BCUT2D eigenvalue weighted by molar-refractivity contribution is -0.150.